The maximum atomic E-state index is 13.8. The number of benzene rings is 1. The number of halogens is 1. The highest BCUT2D eigenvalue weighted by Crippen LogP contribution is 2.32. The van der Waals surface area contributed by atoms with Crippen LogP contribution in [0.15, 0.2) is 29.0 Å². The molecule has 0 aliphatic carbocycles. The highest BCUT2D eigenvalue weighted by Gasteiger charge is 2.25. The molecule has 8 heteroatoms. The van der Waals surface area contributed by atoms with Gasteiger partial charge in [-0.15, -0.1) is 0 Å². The lowest BCUT2D eigenvalue weighted by Gasteiger charge is -2.20. The Balaban J connectivity index is 1.74. The number of carbonyl (C=O) groups excluding carboxylic acids is 1. The Labute approximate surface area is 149 Å². The maximum Gasteiger partial charge on any atom is 0.263 e. The number of rotatable bonds is 2. The van der Waals surface area contributed by atoms with Gasteiger partial charge in [0.15, 0.2) is 0 Å². The van der Waals surface area contributed by atoms with Crippen molar-refractivity contribution < 1.29 is 13.7 Å². The molecule has 0 radical (unpaired) electrons. The van der Waals surface area contributed by atoms with Gasteiger partial charge >= 0.3 is 0 Å². The molecule has 0 spiro atoms. The van der Waals surface area contributed by atoms with Gasteiger partial charge < -0.3 is 14.7 Å². The van der Waals surface area contributed by atoms with Crippen LogP contribution in [0, 0.1) is 12.7 Å². The number of aryl methyl sites for hydroxylation is 1. The van der Waals surface area contributed by atoms with Crippen molar-refractivity contribution >= 4 is 22.8 Å². The van der Waals surface area contributed by atoms with Gasteiger partial charge in [-0.05, 0) is 36.6 Å². The van der Waals surface area contributed by atoms with Crippen LogP contribution in [0.3, 0.4) is 0 Å². The molecule has 0 saturated carbocycles. The lowest BCUT2D eigenvalue weighted by molar-refractivity contribution is -0.129. The summed E-state index contributed by atoms with van der Waals surface area (Å²) in [5, 5.41) is 8.08. The summed E-state index contributed by atoms with van der Waals surface area (Å²) in [6, 6.07) is 4.58. The van der Waals surface area contributed by atoms with E-state index >= 15 is 0 Å². The smallest absolute Gasteiger partial charge is 0.263 e. The van der Waals surface area contributed by atoms with Crippen molar-refractivity contribution in [2.24, 2.45) is 0 Å². The molecular formula is C18H18FN5O2. The third-order valence-corrected chi connectivity index (χ3v) is 4.73. The Morgan fingerprint density at radius 3 is 3.04 bits per heavy atom. The van der Waals surface area contributed by atoms with E-state index in [1.807, 2.05) is 6.92 Å². The molecule has 1 atom stereocenters. The molecule has 3 aromatic rings. The molecule has 0 bridgehead atoms. The summed E-state index contributed by atoms with van der Waals surface area (Å²) < 4.78 is 19.0. The van der Waals surface area contributed by atoms with E-state index < -0.39 is 0 Å². The van der Waals surface area contributed by atoms with Crippen LogP contribution in [0.1, 0.15) is 36.2 Å². The number of carbonyl (C=O) groups is 1. The second-order valence-electron chi connectivity index (χ2n) is 6.44. The lowest BCUT2D eigenvalue weighted by atomic mass is 9.99. The summed E-state index contributed by atoms with van der Waals surface area (Å²) in [5.41, 5.74) is 2.86. The fourth-order valence-electron chi connectivity index (χ4n) is 3.39. The summed E-state index contributed by atoms with van der Waals surface area (Å²) in [6.07, 6.45) is 2.09. The summed E-state index contributed by atoms with van der Waals surface area (Å²) >= 11 is 0. The molecular weight excluding hydrogens is 337 g/mol. The van der Waals surface area contributed by atoms with Crippen molar-refractivity contribution in [1.82, 2.24) is 20.0 Å². The van der Waals surface area contributed by atoms with Crippen LogP contribution in [0.2, 0.25) is 0 Å². The third kappa shape index (κ3) is 2.87. The molecule has 7 nitrogen and oxygen atoms in total. The van der Waals surface area contributed by atoms with Gasteiger partial charge in [0, 0.05) is 20.0 Å². The Bertz CT molecular complexity index is 987. The molecule has 134 valence electrons. The first kappa shape index (κ1) is 16.4. The predicted octanol–water partition coefficient (Wildman–Crippen LogP) is 2.97. The number of nitrogens with one attached hydrogen (secondary N) is 1. The van der Waals surface area contributed by atoms with Crippen molar-refractivity contribution in [1.29, 1.82) is 0 Å². The summed E-state index contributed by atoms with van der Waals surface area (Å²) in [7, 11) is 0. The molecule has 3 heterocycles. The first-order chi connectivity index (χ1) is 12.5. The van der Waals surface area contributed by atoms with Gasteiger partial charge in [-0.3, -0.25) is 4.79 Å². The zero-order valence-corrected chi connectivity index (χ0v) is 14.5. The number of anilines is 1. The van der Waals surface area contributed by atoms with Crippen molar-refractivity contribution in [2.45, 2.75) is 32.9 Å². The average Bonchev–Trinajstić information content (AvgIpc) is 2.89. The van der Waals surface area contributed by atoms with Gasteiger partial charge in [-0.1, -0.05) is 11.2 Å². The van der Waals surface area contributed by atoms with E-state index in [9.17, 15) is 9.18 Å². The Morgan fingerprint density at radius 2 is 2.23 bits per heavy atom. The number of aromatic nitrogens is 3. The summed E-state index contributed by atoms with van der Waals surface area (Å²) in [5.74, 6) is 0.276. The van der Waals surface area contributed by atoms with Gasteiger partial charge in [0.05, 0.1) is 11.7 Å². The van der Waals surface area contributed by atoms with Crippen LogP contribution in [0.4, 0.5) is 10.2 Å². The second-order valence-corrected chi connectivity index (χ2v) is 6.44. The largest absolute Gasteiger partial charge is 0.362 e. The van der Waals surface area contributed by atoms with Gasteiger partial charge in [0.2, 0.25) is 5.91 Å². The Hall–Kier alpha value is -3.03. The van der Waals surface area contributed by atoms with Crippen LogP contribution >= 0.6 is 0 Å². The molecule has 1 N–H and O–H groups in total. The fourth-order valence-corrected chi connectivity index (χ4v) is 3.39. The number of nitrogens with zero attached hydrogens (tertiary/aromatic N) is 4. The van der Waals surface area contributed by atoms with E-state index in [0.717, 1.165) is 16.5 Å². The zero-order valence-electron chi connectivity index (χ0n) is 14.5. The Morgan fingerprint density at radius 1 is 1.38 bits per heavy atom. The van der Waals surface area contributed by atoms with Crippen LogP contribution in [0.25, 0.3) is 11.1 Å². The lowest BCUT2D eigenvalue weighted by Crippen LogP contribution is -2.28. The number of hydrogen-bond donors (Lipinski definition) is 1. The van der Waals surface area contributed by atoms with Gasteiger partial charge in [0.1, 0.15) is 23.3 Å². The highest BCUT2D eigenvalue weighted by molar-refractivity contribution is 5.87. The standard InChI is InChI=1S/C18H18FN5O2/c1-10-16-17(20-9-21-18(16)26-23-10)22-15-5-6-24(11(2)25)8-12-7-13(19)3-4-14(12)15/h3-4,7,9,15H,5-6,8H2,1-2H3,(H,20,21,22). The molecule has 1 amide bonds. The van der Waals surface area contributed by atoms with E-state index in [0.29, 0.717) is 36.7 Å². The van der Waals surface area contributed by atoms with Gasteiger partial charge in [-0.2, -0.15) is 4.98 Å². The number of amides is 1. The van der Waals surface area contributed by atoms with Crippen molar-refractivity contribution in [3.8, 4) is 0 Å². The fraction of sp³-hybridized carbons (Fsp3) is 0.333. The molecule has 1 aliphatic heterocycles. The van der Waals surface area contributed by atoms with Crippen molar-refractivity contribution in [3.63, 3.8) is 0 Å². The molecule has 1 aliphatic rings. The van der Waals surface area contributed by atoms with Gasteiger partial charge in [0.25, 0.3) is 5.71 Å². The minimum absolute atomic E-state index is 0.0276. The third-order valence-electron chi connectivity index (χ3n) is 4.73. The molecule has 1 aromatic carbocycles. The second kappa shape index (κ2) is 6.36. The minimum atomic E-state index is -0.313. The average molecular weight is 355 g/mol. The quantitative estimate of drug-likeness (QED) is 0.761. The van der Waals surface area contributed by atoms with Gasteiger partial charge in [-0.25, -0.2) is 9.37 Å². The van der Waals surface area contributed by atoms with E-state index in [-0.39, 0.29) is 17.8 Å². The minimum Gasteiger partial charge on any atom is -0.362 e. The molecule has 1 unspecified atom stereocenters. The van der Waals surface area contributed by atoms with Crippen molar-refractivity contribution in [2.75, 3.05) is 11.9 Å². The predicted molar refractivity (Wildman–Crippen MR) is 92.8 cm³/mol. The van der Waals surface area contributed by atoms with E-state index in [1.165, 1.54) is 25.4 Å². The zero-order chi connectivity index (χ0) is 18.3. The van der Waals surface area contributed by atoms with Crippen LogP contribution in [-0.4, -0.2) is 32.5 Å². The monoisotopic (exact) mass is 355 g/mol. The highest BCUT2D eigenvalue weighted by atomic mass is 19.1. The van der Waals surface area contributed by atoms with Crippen LogP contribution in [-0.2, 0) is 11.3 Å². The molecule has 4 rings (SSSR count). The molecule has 2 aromatic heterocycles. The summed E-state index contributed by atoms with van der Waals surface area (Å²) in [6.45, 7) is 4.32. The SMILES string of the molecule is CC(=O)N1CCC(Nc2ncnc3onc(C)c23)c2ccc(F)cc2C1. The molecule has 0 saturated heterocycles. The van der Waals surface area contributed by atoms with E-state index in [2.05, 4.69) is 20.4 Å². The number of hydrogen-bond acceptors (Lipinski definition) is 6. The van der Waals surface area contributed by atoms with Crippen molar-refractivity contribution in [3.05, 3.63) is 47.2 Å². The normalized spacial score (nSPS) is 17.0. The topological polar surface area (TPSA) is 84.2 Å². The van der Waals surface area contributed by atoms with Crippen LogP contribution < -0.4 is 5.32 Å². The molecule has 0 fully saturated rings. The first-order valence-corrected chi connectivity index (χ1v) is 8.40. The Kier molecular flexibility index (Phi) is 4.02. The maximum absolute atomic E-state index is 13.8. The summed E-state index contributed by atoms with van der Waals surface area (Å²) in [4.78, 5) is 22.0. The number of fused-ring (bicyclic) bond motifs is 2. The molecule has 26 heavy (non-hydrogen) atoms. The first-order valence-electron chi connectivity index (χ1n) is 8.40. The van der Waals surface area contributed by atoms with E-state index in [1.54, 1.807) is 11.0 Å². The van der Waals surface area contributed by atoms with E-state index in [4.69, 9.17) is 4.52 Å². The van der Waals surface area contributed by atoms with Crippen LogP contribution in [0.5, 0.6) is 0 Å².